The molecule has 6 heteroatoms. The van der Waals surface area contributed by atoms with Gasteiger partial charge in [-0.25, -0.2) is 4.39 Å². The molecule has 0 aliphatic carbocycles. The minimum absolute atomic E-state index is 0.0781. The molecule has 0 saturated heterocycles. The van der Waals surface area contributed by atoms with Crippen molar-refractivity contribution in [2.75, 3.05) is 11.9 Å². The first-order valence-electron chi connectivity index (χ1n) is 6.26. The molecule has 0 radical (unpaired) electrons. The zero-order valence-corrected chi connectivity index (χ0v) is 13.4. The van der Waals surface area contributed by atoms with Gasteiger partial charge in [0, 0.05) is 10.7 Å². The molecule has 0 amide bonds. The summed E-state index contributed by atoms with van der Waals surface area (Å²) < 4.78 is 18.8. The van der Waals surface area contributed by atoms with Crippen molar-refractivity contribution in [2.45, 2.75) is 13.0 Å². The van der Waals surface area contributed by atoms with E-state index in [2.05, 4.69) is 5.32 Å². The topological polar surface area (TPSA) is 21.3 Å². The lowest BCUT2D eigenvalue weighted by molar-refractivity contribution is 0.235. The van der Waals surface area contributed by atoms with Gasteiger partial charge in [0.15, 0.2) is 0 Å². The molecule has 0 fully saturated rings. The number of ether oxygens (including phenoxy) is 1. The SMILES string of the molecule is CC(CNc1ccc(F)c(Cl)c1)Oc1ccc(Cl)cc1Cl. The molecule has 0 aliphatic heterocycles. The van der Waals surface area contributed by atoms with E-state index in [-0.39, 0.29) is 11.1 Å². The van der Waals surface area contributed by atoms with Crippen LogP contribution < -0.4 is 10.1 Å². The Bertz CT molecular complexity index is 636. The van der Waals surface area contributed by atoms with Gasteiger partial charge in [0.05, 0.1) is 16.6 Å². The van der Waals surface area contributed by atoms with Crippen molar-refractivity contribution < 1.29 is 9.13 Å². The number of halogens is 4. The van der Waals surface area contributed by atoms with Crippen LogP contribution in [-0.2, 0) is 0 Å². The van der Waals surface area contributed by atoms with E-state index in [9.17, 15) is 4.39 Å². The molecule has 21 heavy (non-hydrogen) atoms. The Morgan fingerprint density at radius 3 is 2.52 bits per heavy atom. The Hall–Kier alpha value is -1.16. The summed E-state index contributed by atoms with van der Waals surface area (Å²) in [4.78, 5) is 0. The highest BCUT2D eigenvalue weighted by Crippen LogP contribution is 2.28. The molecule has 0 aliphatic rings. The van der Waals surface area contributed by atoms with Crippen LogP contribution in [0.3, 0.4) is 0 Å². The summed E-state index contributed by atoms with van der Waals surface area (Å²) in [6.07, 6.45) is -0.146. The van der Waals surface area contributed by atoms with Crippen LogP contribution in [0.1, 0.15) is 6.92 Å². The monoisotopic (exact) mass is 347 g/mol. The fraction of sp³-hybridized carbons (Fsp3) is 0.200. The fourth-order valence-electron chi connectivity index (χ4n) is 1.70. The molecule has 0 saturated carbocycles. The molecule has 2 aromatic carbocycles. The van der Waals surface area contributed by atoms with E-state index in [1.54, 1.807) is 24.3 Å². The van der Waals surface area contributed by atoms with E-state index in [0.717, 1.165) is 5.69 Å². The fourth-order valence-corrected chi connectivity index (χ4v) is 2.33. The summed E-state index contributed by atoms with van der Waals surface area (Å²) in [7, 11) is 0. The van der Waals surface area contributed by atoms with Crippen molar-refractivity contribution in [2.24, 2.45) is 0 Å². The van der Waals surface area contributed by atoms with E-state index in [1.165, 1.54) is 12.1 Å². The molecule has 0 aromatic heterocycles. The predicted octanol–water partition coefficient (Wildman–Crippen LogP) is 5.67. The molecule has 112 valence electrons. The molecular formula is C15H13Cl3FNO. The van der Waals surface area contributed by atoms with E-state index in [0.29, 0.717) is 22.3 Å². The van der Waals surface area contributed by atoms with Crippen molar-refractivity contribution in [3.63, 3.8) is 0 Å². The van der Waals surface area contributed by atoms with E-state index < -0.39 is 5.82 Å². The maximum absolute atomic E-state index is 13.1. The Kier molecular flexibility index (Phi) is 5.57. The number of rotatable bonds is 5. The number of anilines is 1. The zero-order valence-electron chi connectivity index (χ0n) is 11.2. The molecule has 2 aromatic rings. The van der Waals surface area contributed by atoms with Gasteiger partial charge in [-0.1, -0.05) is 34.8 Å². The first-order valence-corrected chi connectivity index (χ1v) is 7.39. The Balaban J connectivity index is 1.92. The second-order valence-corrected chi connectivity index (χ2v) is 5.76. The second-order valence-electron chi connectivity index (χ2n) is 4.51. The highest BCUT2D eigenvalue weighted by atomic mass is 35.5. The van der Waals surface area contributed by atoms with Gasteiger partial charge in [-0.3, -0.25) is 0 Å². The molecule has 1 N–H and O–H groups in total. The predicted molar refractivity (Wildman–Crippen MR) is 86.5 cm³/mol. The van der Waals surface area contributed by atoms with Crippen LogP contribution in [-0.4, -0.2) is 12.6 Å². The van der Waals surface area contributed by atoms with Gasteiger partial charge in [-0.05, 0) is 43.3 Å². The molecule has 0 spiro atoms. The van der Waals surface area contributed by atoms with Crippen molar-refractivity contribution in [3.05, 3.63) is 57.3 Å². The number of nitrogens with one attached hydrogen (secondary N) is 1. The average molecular weight is 349 g/mol. The smallest absolute Gasteiger partial charge is 0.141 e. The van der Waals surface area contributed by atoms with Crippen LogP contribution in [0.5, 0.6) is 5.75 Å². The highest BCUT2D eigenvalue weighted by molar-refractivity contribution is 6.35. The maximum Gasteiger partial charge on any atom is 0.141 e. The third-order valence-electron chi connectivity index (χ3n) is 2.74. The molecular weight excluding hydrogens is 336 g/mol. The minimum Gasteiger partial charge on any atom is -0.487 e. The first kappa shape index (κ1) is 16.2. The minimum atomic E-state index is -0.445. The third-order valence-corrected chi connectivity index (χ3v) is 3.56. The van der Waals surface area contributed by atoms with Gasteiger partial charge in [0.25, 0.3) is 0 Å². The standard InChI is InChI=1S/C15H13Cl3FNO/c1-9(21-15-5-2-10(16)6-13(15)18)8-20-11-3-4-14(19)12(17)7-11/h2-7,9,20H,8H2,1H3. The van der Waals surface area contributed by atoms with Crippen LogP contribution in [0, 0.1) is 5.82 Å². The van der Waals surface area contributed by atoms with Crippen LogP contribution in [0.25, 0.3) is 0 Å². The zero-order chi connectivity index (χ0) is 15.4. The lowest BCUT2D eigenvalue weighted by Gasteiger charge is -2.17. The van der Waals surface area contributed by atoms with Crippen LogP contribution in [0.15, 0.2) is 36.4 Å². The van der Waals surface area contributed by atoms with E-state index in [4.69, 9.17) is 39.5 Å². The second kappa shape index (κ2) is 7.21. The highest BCUT2D eigenvalue weighted by Gasteiger charge is 2.08. The summed E-state index contributed by atoms with van der Waals surface area (Å²) in [5.74, 6) is 0.118. The number of hydrogen-bond donors (Lipinski definition) is 1. The Morgan fingerprint density at radius 2 is 1.86 bits per heavy atom. The number of hydrogen-bond acceptors (Lipinski definition) is 2. The summed E-state index contributed by atoms with van der Waals surface area (Å²) in [6, 6.07) is 9.51. The van der Waals surface area contributed by atoms with Gasteiger partial charge < -0.3 is 10.1 Å². The van der Waals surface area contributed by atoms with Gasteiger partial charge >= 0.3 is 0 Å². The molecule has 0 bridgehead atoms. The Labute approximate surface area is 137 Å². The molecule has 1 unspecified atom stereocenters. The van der Waals surface area contributed by atoms with Crippen LogP contribution >= 0.6 is 34.8 Å². The largest absolute Gasteiger partial charge is 0.487 e. The molecule has 0 heterocycles. The number of benzene rings is 2. The maximum atomic E-state index is 13.1. The Morgan fingerprint density at radius 1 is 1.10 bits per heavy atom. The van der Waals surface area contributed by atoms with Crippen molar-refractivity contribution in [1.82, 2.24) is 0 Å². The van der Waals surface area contributed by atoms with Gasteiger partial charge in [0.1, 0.15) is 17.7 Å². The van der Waals surface area contributed by atoms with Crippen molar-refractivity contribution in [1.29, 1.82) is 0 Å². The van der Waals surface area contributed by atoms with Crippen molar-refractivity contribution >= 4 is 40.5 Å². The van der Waals surface area contributed by atoms with Crippen LogP contribution in [0.2, 0.25) is 15.1 Å². The lowest BCUT2D eigenvalue weighted by atomic mass is 10.3. The quantitative estimate of drug-likeness (QED) is 0.752. The van der Waals surface area contributed by atoms with E-state index >= 15 is 0 Å². The molecule has 1 atom stereocenters. The van der Waals surface area contributed by atoms with Gasteiger partial charge in [-0.15, -0.1) is 0 Å². The normalized spacial score (nSPS) is 12.0. The summed E-state index contributed by atoms with van der Waals surface area (Å²) in [6.45, 7) is 2.41. The van der Waals surface area contributed by atoms with Crippen molar-refractivity contribution in [3.8, 4) is 5.75 Å². The molecule has 2 rings (SSSR count). The summed E-state index contributed by atoms with van der Waals surface area (Å²) in [5.41, 5.74) is 0.721. The first-order chi connectivity index (χ1) is 9.95. The van der Waals surface area contributed by atoms with Crippen LogP contribution in [0.4, 0.5) is 10.1 Å². The van der Waals surface area contributed by atoms with E-state index in [1.807, 2.05) is 6.92 Å². The lowest BCUT2D eigenvalue weighted by Crippen LogP contribution is -2.22. The summed E-state index contributed by atoms with van der Waals surface area (Å²) in [5, 5.41) is 4.21. The average Bonchev–Trinajstić information content (AvgIpc) is 2.43. The van der Waals surface area contributed by atoms with Gasteiger partial charge in [-0.2, -0.15) is 0 Å². The summed E-state index contributed by atoms with van der Waals surface area (Å²) >= 11 is 17.6. The van der Waals surface area contributed by atoms with Gasteiger partial charge in [0.2, 0.25) is 0 Å². The molecule has 2 nitrogen and oxygen atoms in total. The third kappa shape index (κ3) is 4.67.